The number of anilines is 2. The molecule has 2 heterocycles. The van der Waals surface area contributed by atoms with Crippen LogP contribution in [0.25, 0.3) is 0 Å². The Morgan fingerprint density at radius 3 is 2.60 bits per heavy atom. The van der Waals surface area contributed by atoms with Crippen molar-refractivity contribution in [1.29, 1.82) is 0 Å². The van der Waals surface area contributed by atoms with Crippen LogP contribution in [-0.4, -0.2) is 61.1 Å². The third-order valence-electron chi connectivity index (χ3n) is 4.35. The number of aryl methyl sites for hydroxylation is 1. The lowest BCUT2D eigenvalue weighted by Gasteiger charge is -2.32. The van der Waals surface area contributed by atoms with E-state index in [1.807, 2.05) is 19.1 Å². The van der Waals surface area contributed by atoms with Crippen molar-refractivity contribution in [2.75, 3.05) is 50.6 Å². The van der Waals surface area contributed by atoms with Gasteiger partial charge in [-0.25, -0.2) is 9.97 Å². The highest BCUT2D eigenvalue weighted by molar-refractivity contribution is 6.05. The van der Waals surface area contributed by atoms with Crippen molar-refractivity contribution >= 4 is 17.5 Å². The van der Waals surface area contributed by atoms with Gasteiger partial charge in [-0.2, -0.15) is 0 Å². The lowest BCUT2D eigenvalue weighted by molar-refractivity contribution is 0.102. The molecule has 1 fully saturated rings. The van der Waals surface area contributed by atoms with Crippen LogP contribution in [0.1, 0.15) is 16.1 Å². The van der Waals surface area contributed by atoms with Crippen molar-refractivity contribution in [3.8, 4) is 5.75 Å². The smallest absolute Gasteiger partial charge is 0.259 e. The SMILES string of the molecule is COc1ccccc1NC(=O)c1cnc(N2CCN(C)CC2)nc1C. The third kappa shape index (κ3) is 3.88. The minimum absolute atomic E-state index is 0.244. The third-order valence-corrected chi connectivity index (χ3v) is 4.35. The predicted molar refractivity (Wildman–Crippen MR) is 97.4 cm³/mol. The monoisotopic (exact) mass is 341 g/mol. The van der Waals surface area contributed by atoms with Gasteiger partial charge >= 0.3 is 0 Å². The number of piperazine rings is 1. The van der Waals surface area contributed by atoms with Gasteiger partial charge in [0, 0.05) is 32.4 Å². The van der Waals surface area contributed by atoms with E-state index in [0.29, 0.717) is 28.6 Å². The van der Waals surface area contributed by atoms with Gasteiger partial charge in [0.1, 0.15) is 5.75 Å². The number of likely N-dealkylation sites (N-methyl/N-ethyl adjacent to an activating group) is 1. The molecule has 1 aliphatic heterocycles. The molecule has 1 saturated heterocycles. The van der Waals surface area contributed by atoms with E-state index in [2.05, 4.69) is 32.1 Å². The van der Waals surface area contributed by atoms with Crippen LogP contribution in [0, 0.1) is 6.92 Å². The predicted octanol–water partition coefficient (Wildman–Crippen LogP) is 1.80. The summed E-state index contributed by atoms with van der Waals surface area (Å²) in [4.78, 5) is 25.9. The largest absolute Gasteiger partial charge is 0.495 e. The highest BCUT2D eigenvalue weighted by atomic mass is 16.5. The molecule has 2 aromatic rings. The molecular formula is C18H23N5O2. The summed E-state index contributed by atoms with van der Waals surface area (Å²) in [6, 6.07) is 7.30. The van der Waals surface area contributed by atoms with Crippen LogP contribution in [0.3, 0.4) is 0 Å². The first-order valence-electron chi connectivity index (χ1n) is 8.30. The van der Waals surface area contributed by atoms with Gasteiger partial charge in [-0.15, -0.1) is 0 Å². The Hall–Kier alpha value is -2.67. The van der Waals surface area contributed by atoms with E-state index in [0.717, 1.165) is 26.2 Å². The average Bonchev–Trinajstić information content (AvgIpc) is 2.62. The fourth-order valence-electron chi connectivity index (χ4n) is 2.77. The van der Waals surface area contributed by atoms with Crippen molar-refractivity contribution in [1.82, 2.24) is 14.9 Å². The van der Waals surface area contributed by atoms with Crippen molar-refractivity contribution in [2.24, 2.45) is 0 Å². The molecule has 0 unspecified atom stereocenters. The topological polar surface area (TPSA) is 70.6 Å². The van der Waals surface area contributed by atoms with E-state index in [1.165, 1.54) is 0 Å². The van der Waals surface area contributed by atoms with E-state index in [4.69, 9.17) is 4.74 Å². The molecule has 7 nitrogen and oxygen atoms in total. The Morgan fingerprint density at radius 2 is 1.92 bits per heavy atom. The Bertz CT molecular complexity index is 757. The number of aromatic nitrogens is 2. The van der Waals surface area contributed by atoms with Crippen LogP contribution in [0.4, 0.5) is 11.6 Å². The zero-order chi connectivity index (χ0) is 17.8. The second kappa shape index (κ2) is 7.48. The number of para-hydroxylation sites is 2. The number of benzene rings is 1. The van der Waals surface area contributed by atoms with Gasteiger partial charge in [-0.05, 0) is 26.1 Å². The highest BCUT2D eigenvalue weighted by Crippen LogP contribution is 2.24. The van der Waals surface area contributed by atoms with Crippen molar-refractivity contribution in [3.05, 3.63) is 41.7 Å². The number of nitrogens with zero attached hydrogens (tertiary/aromatic N) is 4. The first-order chi connectivity index (χ1) is 12.1. The average molecular weight is 341 g/mol. The van der Waals surface area contributed by atoms with Crippen LogP contribution < -0.4 is 15.0 Å². The summed E-state index contributed by atoms with van der Waals surface area (Å²) in [6.07, 6.45) is 1.60. The van der Waals surface area contributed by atoms with Crippen molar-refractivity contribution < 1.29 is 9.53 Å². The van der Waals surface area contributed by atoms with Gasteiger partial charge in [0.25, 0.3) is 5.91 Å². The standard InChI is InChI=1S/C18H23N5O2/c1-13-14(17(24)21-15-6-4-5-7-16(15)25-3)12-19-18(20-13)23-10-8-22(2)9-11-23/h4-7,12H,8-11H2,1-3H3,(H,21,24). The molecule has 132 valence electrons. The minimum Gasteiger partial charge on any atom is -0.495 e. The Morgan fingerprint density at radius 1 is 1.20 bits per heavy atom. The molecule has 0 spiro atoms. The first kappa shape index (κ1) is 17.2. The quantitative estimate of drug-likeness (QED) is 0.914. The second-order valence-electron chi connectivity index (χ2n) is 6.11. The van der Waals surface area contributed by atoms with E-state index in [1.54, 1.807) is 25.4 Å². The van der Waals surface area contributed by atoms with E-state index < -0.39 is 0 Å². The van der Waals surface area contributed by atoms with E-state index in [-0.39, 0.29) is 5.91 Å². The van der Waals surface area contributed by atoms with Crippen LogP contribution in [-0.2, 0) is 0 Å². The summed E-state index contributed by atoms with van der Waals surface area (Å²) in [5.41, 5.74) is 1.75. The Kier molecular flexibility index (Phi) is 5.14. The number of amides is 1. The van der Waals surface area contributed by atoms with E-state index in [9.17, 15) is 4.79 Å². The number of carbonyl (C=O) groups excluding carboxylic acids is 1. The van der Waals surface area contributed by atoms with Crippen LogP contribution >= 0.6 is 0 Å². The molecule has 0 atom stereocenters. The maximum absolute atomic E-state index is 12.6. The first-order valence-corrected chi connectivity index (χ1v) is 8.30. The number of ether oxygens (including phenoxy) is 1. The number of carbonyl (C=O) groups is 1. The molecule has 0 saturated carbocycles. The lowest BCUT2D eigenvalue weighted by Crippen LogP contribution is -2.45. The molecular weight excluding hydrogens is 318 g/mol. The molecule has 0 aliphatic carbocycles. The molecule has 1 amide bonds. The normalized spacial score (nSPS) is 15.1. The lowest BCUT2D eigenvalue weighted by atomic mass is 10.2. The molecule has 25 heavy (non-hydrogen) atoms. The van der Waals surface area contributed by atoms with Gasteiger partial charge in [0.05, 0.1) is 24.1 Å². The summed E-state index contributed by atoms with van der Waals surface area (Å²) in [5, 5.41) is 2.86. The van der Waals surface area contributed by atoms with Gasteiger partial charge in [0.2, 0.25) is 5.95 Å². The zero-order valence-corrected chi connectivity index (χ0v) is 14.8. The number of hydrogen-bond acceptors (Lipinski definition) is 6. The van der Waals surface area contributed by atoms with Gasteiger partial charge in [-0.1, -0.05) is 12.1 Å². The zero-order valence-electron chi connectivity index (χ0n) is 14.8. The van der Waals surface area contributed by atoms with Gasteiger partial charge < -0.3 is 19.9 Å². The molecule has 0 bridgehead atoms. The molecule has 1 aliphatic rings. The van der Waals surface area contributed by atoms with Crippen molar-refractivity contribution in [3.63, 3.8) is 0 Å². The second-order valence-corrected chi connectivity index (χ2v) is 6.11. The summed E-state index contributed by atoms with van der Waals surface area (Å²) < 4.78 is 5.26. The molecule has 0 radical (unpaired) electrons. The maximum atomic E-state index is 12.6. The molecule has 1 aromatic heterocycles. The molecule has 3 rings (SSSR count). The number of nitrogens with one attached hydrogen (secondary N) is 1. The summed E-state index contributed by atoms with van der Waals surface area (Å²) >= 11 is 0. The number of methoxy groups -OCH3 is 1. The van der Waals surface area contributed by atoms with Crippen molar-refractivity contribution in [2.45, 2.75) is 6.92 Å². The summed E-state index contributed by atoms with van der Waals surface area (Å²) in [7, 11) is 3.68. The fraction of sp³-hybridized carbons (Fsp3) is 0.389. The minimum atomic E-state index is -0.244. The van der Waals surface area contributed by atoms with Gasteiger partial charge in [-0.3, -0.25) is 4.79 Å². The molecule has 7 heteroatoms. The molecule has 1 N–H and O–H groups in total. The Balaban J connectivity index is 1.75. The summed E-state index contributed by atoms with van der Waals surface area (Å²) in [5.74, 6) is 1.05. The van der Waals surface area contributed by atoms with Crippen LogP contribution in [0.2, 0.25) is 0 Å². The molecule has 1 aromatic carbocycles. The highest BCUT2D eigenvalue weighted by Gasteiger charge is 2.19. The fourth-order valence-corrected chi connectivity index (χ4v) is 2.77. The number of rotatable bonds is 4. The summed E-state index contributed by atoms with van der Waals surface area (Å²) in [6.45, 7) is 5.58. The van der Waals surface area contributed by atoms with E-state index >= 15 is 0 Å². The maximum Gasteiger partial charge on any atom is 0.259 e. The Labute approximate surface area is 147 Å². The van der Waals surface area contributed by atoms with Crippen LogP contribution in [0.5, 0.6) is 5.75 Å². The number of hydrogen-bond donors (Lipinski definition) is 1. The van der Waals surface area contributed by atoms with Crippen LogP contribution in [0.15, 0.2) is 30.5 Å². The van der Waals surface area contributed by atoms with Gasteiger partial charge in [0.15, 0.2) is 0 Å².